The van der Waals surface area contributed by atoms with E-state index in [1.165, 1.54) is 23.6 Å². The molecule has 134 valence electrons. The van der Waals surface area contributed by atoms with Gasteiger partial charge in [0.25, 0.3) is 5.91 Å². The predicted octanol–water partition coefficient (Wildman–Crippen LogP) is 3.54. The summed E-state index contributed by atoms with van der Waals surface area (Å²) in [6, 6.07) is 6.79. The molecule has 4 rings (SSSR count). The van der Waals surface area contributed by atoms with Crippen molar-refractivity contribution >= 4 is 39.0 Å². The number of amides is 1. The van der Waals surface area contributed by atoms with Gasteiger partial charge in [0, 0.05) is 24.8 Å². The van der Waals surface area contributed by atoms with Crippen LogP contribution >= 0.6 is 22.9 Å². The quantitative estimate of drug-likeness (QED) is 0.686. The van der Waals surface area contributed by atoms with Gasteiger partial charge in [-0.25, -0.2) is 9.97 Å². The number of morpholine rings is 1. The Hall–Kier alpha value is -2.42. The largest absolute Gasteiger partial charge is 0.463 e. The Morgan fingerprint density at radius 3 is 2.88 bits per heavy atom. The van der Waals surface area contributed by atoms with Crippen LogP contribution in [-0.4, -0.2) is 42.2 Å². The average Bonchev–Trinajstić information content (AvgIpc) is 3.32. The Bertz CT molecular complexity index is 907. The average molecular weight is 391 g/mol. The first-order valence-electron chi connectivity index (χ1n) is 8.01. The van der Waals surface area contributed by atoms with Crippen LogP contribution < -0.4 is 10.2 Å². The second kappa shape index (κ2) is 7.45. The second-order valence-corrected chi connectivity index (χ2v) is 6.94. The fourth-order valence-electron chi connectivity index (χ4n) is 2.63. The van der Waals surface area contributed by atoms with Gasteiger partial charge in [0.2, 0.25) is 0 Å². The molecular formula is C17H15ClN4O3S. The highest BCUT2D eigenvalue weighted by molar-refractivity contribution is 7.20. The lowest BCUT2D eigenvalue weighted by Gasteiger charge is -2.27. The van der Waals surface area contributed by atoms with Gasteiger partial charge >= 0.3 is 0 Å². The molecule has 0 atom stereocenters. The molecule has 0 radical (unpaired) electrons. The Kier molecular flexibility index (Phi) is 4.87. The number of carbonyl (C=O) groups excluding carboxylic acids is 1. The summed E-state index contributed by atoms with van der Waals surface area (Å²) in [5.74, 6) is 0.373. The minimum Gasteiger partial charge on any atom is -0.463 e. The summed E-state index contributed by atoms with van der Waals surface area (Å²) in [7, 11) is 0. The van der Waals surface area contributed by atoms with Gasteiger partial charge in [-0.15, -0.1) is 0 Å². The number of nitrogens with zero attached hydrogens (tertiary/aromatic N) is 3. The van der Waals surface area contributed by atoms with Gasteiger partial charge in [0.1, 0.15) is 15.8 Å². The molecule has 4 heterocycles. The maximum Gasteiger partial charge on any atom is 0.257 e. The Labute approximate surface area is 158 Å². The molecule has 1 aliphatic heterocycles. The fourth-order valence-corrected chi connectivity index (χ4v) is 3.83. The lowest BCUT2D eigenvalue weighted by atomic mass is 10.2. The Balaban J connectivity index is 1.63. The molecule has 0 aliphatic carbocycles. The first kappa shape index (κ1) is 17.0. The molecule has 0 spiro atoms. The van der Waals surface area contributed by atoms with Crippen LogP contribution in [0, 0.1) is 0 Å². The SMILES string of the molecule is O=C(Nc1nc(-c2ccco2)c(N2CCOCC2)s1)c1ccnc(Cl)c1. The van der Waals surface area contributed by atoms with Crippen LogP contribution in [0.25, 0.3) is 11.5 Å². The number of hydrogen-bond donors (Lipinski definition) is 1. The zero-order valence-electron chi connectivity index (χ0n) is 13.6. The van der Waals surface area contributed by atoms with Crippen molar-refractivity contribution in [3.05, 3.63) is 47.4 Å². The molecule has 1 N–H and O–H groups in total. The van der Waals surface area contributed by atoms with Crippen molar-refractivity contribution in [1.29, 1.82) is 0 Å². The highest BCUT2D eigenvalue weighted by atomic mass is 35.5. The number of furan rings is 1. The van der Waals surface area contributed by atoms with Crippen LogP contribution in [0.1, 0.15) is 10.4 Å². The summed E-state index contributed by atoms with van der Waals surface area (Å²) in [4.78, 5) is 23.1. The van der Waals surface area contributed by atoms with E-state index < -0.39 is 0 Å². The molecule has 0 saturated carbocycles. The Morgan fingerprint density at radius 1 is 1.31 bits per heavy atom. The van der Waals surface area contributed by atoms with Crippen LogP contribution in [0.15, 0.2) is 41.1 Å². The number of pyridine rings is 1. The van der Waals surface area contributed by atoms with Crippen LogP contribution in [0.5, 0.6) is 0 Å². The highest BCUT2D eigenvalue weighted by Gasteiger charge is 2.23. The molecule has 0 unspecified atom stereocenters. The number of nitrogens with one attached hydrogen (secondary N) is 1. The van der Waals surface area contributed by atoms with Crippen molar-refractivity contribution < 1.29 is 13.9 Å². The summed E-state index contributed by atoms with van der Waals surface area (Å²) in [6.45, 7) is 2.85. The first-order valence-corrected chi connectivity index (χ1v) is 9.20. The molecule has 0 aromatic carbocycles. The van der Waals surface area contributed by atoms with Gasteiger partial charge < -0.3 is 14.1 Å². The van der Waals surface area contributed by atoms with Crippen LogP contribution in [0.3, 0.4) is 0 Å². The van der Waals surface area contributed by atoms with Gasteiger partial charge in [-0.05, 0) is 24.3 Å². The maximum absolute atomic E-state index is 12.5. The predicted molar refractivity (Wildman–Crippen MR) is 100 cm³/mol. The third kappa shape index (κ3) is 3.57. The van der Waals surface area contributed by atoms with Crippen molar-refractivity contribution in [2.24, 2.45) is 0 Å². The van der Waals surface area contributed by atoms with Crippen molar-refractivity contribution in [1.82, 2.24) is 9.97 Å². The minimum atomic E-state index is -0.289. The van der Waals surface area contributed by atoms with E-state index in [2.05, 4.69) is 20.2 Å². The lowest BCUT2D eigenvalue weighted by molar-refractivity contribution is 0.102. The standard InChI is InChI=1S/C17H15ClN4O3S/c18-13-10-11(3-4-19-13)15(23)21-17-20-14(12-2-1-7-25-12)16(26-17)22-5-8-24-9-6-22/h1-4,7,10H,5-6,8-9H2,(H,20,21,23). The summed E-state index contributed by atoms with van der Waals surface area (Å²) in [6.07, 6.45) is 3.10. The number of ether oxygens (including phenoxy) is 1. The van der Waals surface area contributed by atoms with Gasteiger partial charge in [-0.1, -0.05) is 22.9 Å². The van der Waals surface area contributed by atoms with E-state index >= 15 is 0 Å². The number of aromatic nitrogens is 2. The number of rotatable bonds is 4. The van der Waals surface area contributed by atoms with E-state index in [0.717, 1.165) is 18.1 Å². The van der Waals surface area contributed by atoms with Crippen molar-refractivity contribution in [3.63, 3.8) is 0 Å². The number of halogens is 1. The molecule has 7 nitrogen and oxygen atoms in total. The molecule has 1 fully saturated rings. The van der Waals surface area contributed by atoms with E-state index in [0.29, 0.717) is 35.4 Å². The lowest BCUT2D eigenvalue weighted by Crippen LogP contribution is -2.35. The van der Waals surface area contributed by atoms with Gasteiger partial charge in [-0.2, -0.15) is 0 Å². The molecule has 3 aromatic rings. The van der Waals surface area contributed by atoms with Gasteiger partial charge in [0.05, 0.1) is 19.5 Å². The number of anilines is 2. The molecule has 0 bridgehead atoms. The van der Waals surface area contributed by atoms with Crippen LogP contribution in [0.4, 0.5) is 10.1 Å². The van der Waals surface area contributed by atoms with Gasteiger partial charge in [0.15, 0.2) is 10.9 Å². The molecule has 26 heavy (non-hydrogen) atoms. The van der Waals surface area contributed by atoms with E-state index in [1.54, 1.807) is 12.3 Å². The molecular weight excluding hydrogens is 376 g/mol. The minimum absolute atomic E-state index is 0.266. The number of thiazole rings is 1. The molecule has 1 aliphatic rings. The monoisotopic (exact) mass is 390 g/mol. The maximum atomic E-state index is 12.5. The third-order valence-corrected chi connectivity index (χ3v) is 5.11. The summed E-state index contributed by atoms with van der Waals surface area (Å²) >= 11 is 7.27. The van der Waals surface area contributed by atoms with E-state index in [4.69, 9.17) is 20.8 Å². The smallest absolute Gasteiger partial charge is 0.257 e. The molecule has 3 aromatic heterocycles. The fraction of sp³-hybridized carbons (Fsp3) is 0.235. The normalized spacial score (nSPS) is 14.4. The second-order valence-electron chi connectivity index (χ2n) is 5.57. The summed E-state index contributed by atoms with van der Waals surface area (Å²) in [5, 5.41) is 4.54. The van der Waals surface area contributed by atoms with Crippen LogP contribution in [-0.2, 0) is 4.74 Å². The van der Waals surface area contributed by atoms with Crippen molar-refractivity contribution in [2.75, 3.05) is 36.5 Å². The number of hydrogen-bond acceptors (Lipinski definition) is 7. The zero-order valence-corrected chi connectivity index (χ0v) is 15.2. The number of carbonyl (C=O) groups is 1. The van der Waals surface area contributed by atoms with Crippen molar-refractivity contribution in [2.45, 2.75) is 0 Å². The summed E-state index contributed by atoms with van der Waals surface area (Å²) in [5.41, 5.74) is 1.14. The van der Waals surface area contributed by atoms with Crippen molar-refractivity contribution in [3.8, 4) is 11.5 Å². The van der Waals surface area contributed by atoms with E-state index in [-0.39, 0.29) is 11.1 Å². The van der Waals surface area contributed by atoms with E-state index in [1.807, 2.05) is 12.1 Å². The highest BCUT2D eigenvalue weighted by Crippen LogP contribution is 2.39. The molecule has 9 heteroatoms. The van der Waals surface area contributed by atoms with Gasteiger partial charge in [-0.3, -0.25) is 10.1 Å². The van der Waals surface area contributed by atoms with Crippen LogP contribution in [0.2, 0.25) is 5.15 Å². The summed E-state index contributed by atoms with van der Waals surface area (Å²) < 4.78 is 10.9. The van der Waals surface area contributed by atoms with E-state index in [9.17, 15) is 4.79 Å². The third-order valence-electron chi connectivity index (χ3n) is 3.87. The topological polar surface area (TPSA) is 80.5 Å². The Morgan fingerprint density at radius 2 is 2.15 bits per heavy atom. The molecule has 1 amide bonds. The first-order chi connectivity index (χ1) is 12.7. The zero-order chi connectivity index (χ0) is 17.9. The molecule has 1 saturated heterocycles.